The quantitative estimate of drug-likeness (QED) is 0.757. The summed E-state index contributed by atoms with van der Waals surface area (Å²) in [5.41, 5.74) is 0.443. The van der Waals surface area contributed by atoms with E-state index >= 15 is 0 Å². The van der Waals surface area contributed by atoms with E-state index < -0.39 is 0 Å². The van der Waals surface area contributed by atoms with Crippen molar-refractivity contribution in [3.8, 4) is 6.07 Å². The molecule has 1 aromatic heterocycles. The van der Waals surface area contributed by atoms with Crippen molar-refractivity contribution in [3.05, 3.63) is 22.6 Å². The fraction of sp³-hybridized carbons (Fsp3) is 0.444. The molecule has 0 aliphatic rings. The van der Waals surface area contributed by atoms with Crippen LogP contribution >= 0.6 is 0 Å². The first-order chi connectivity index (χ1) is 6.77. The van der Waals surface area contributed by atoms with Crippen molar-refractivity contribution in [2.75, 3.05) is 11.9 Å². The third-order valence-corrected chi connectivity index (χ3v) is 1.67. The molecule has 1 N–H and O–H groups in total. The van der Waals surface area contributed by atoms with Crippen LogP contribution in [0, 0.1) is 11.3 Å². The highest BCUT2D eigenvalue weighted by molar-refractivity contribution is 5.38. The molecule has 0 fully saturated rings. The van der Waals surface area contributed by atoms with Gasteiger partial charge < -0.3 is 5.32 Å². The molecule has 0 spiro atoms. The van der Waals surface area contributed by atoms with Crippen LogP contribution in [0.25, 0.3) is 0 Å². The molecule has 0 amide bonds. The first-order valence-corrected chi connectivity index (χ1v) is 4.46. The van der Waals surface area contributed by atoms with Gasteiger partial charge in [-0.2, -0.15) is 10.4 Å². The topological polar surface area (TPSA) is 70.7 Å². The van der Waals surface area contributed by atoms with E-state index in [0.29, 0.717) is 5.69 Å². The summed E-state index contributed by atoms with van der Waals surface area (Å²) in [4.78, 5) is 11.3. The van der Waals surface area contributed by atoms with Gasteiger partial charge in [0.1, 0.15) is 6.54 Å². The van der Waals surface area contributed by atoms with E-state index in [9.17, 15) is 4.79 Å². The molecule has 0 bridgehead atoms. The molecule has 5 nitrogen and oxygen atoms in total. The van der Waals surface area contributed by atoms with Crippen molar-refractivity contribution >= 4 is 5.69 Å². The Labute approximate surface area is 82.0 Å². The fourth-order valence-corrected chi connectivity index (χ4v) is 0.985. The molecule has 74 valence electrons. The second-order valence-corrected chi connectivity index (χ2v) is 2.83. The van der Waals surface area contributed by atoms with Gasteiger partial charge in [0.15, 0.2) is 0 Å². The van der Waals surface area contributed by atoms with Crippen molar-refractivity contribution in [3.63, 3.8) is 0 Å². The number of hydrogen-bond donors (Lipinski definition) is 1. The molecule has 1 heterocycles. The first kappa shape index (κ1) is 10.3. The predicted octanol–water partition coefficient (Wildman–Crippen LogP) is 0.589. The lowest BCUT2D eigenvalue weighted by molar-refractivity contribution is 0.659. The predicted molar refractivity (Wildman–Crippen MR) is 52.9 cm³/mol. The van der Waals surface area contributed by atoms with Crippen LogP contribution in [0.2, 0.25) is 0 Å². The lowest BCUT2D eigenvalue weighted by Gasteiger charge is -2.04. The Morgan fingerprint density at radius 1 is 1.71 bits per heavy atom. The number of hydrogen-bond acceptors (Lipinski definition) is 4. The largest absolute Gasteiger partial charge is 0.384 e. The summed E-state index contributed by atoms with van der Waals surface area (Å²) in [6.07, 6.45) is 2.54. The third-order valence-electron chi connectivity index (χ3n) is 1.67. The fourth-order valence-electron chi connectivity index (χ4n) is 0.985. The van der Waals surface area contributed by atoms with Crippen LogP contribution in [0.4, 0.5) is 5.69 Å². The Bertz CT molecular complexity index is 391. The van der Waals surface area contributed by atoms with Crippen LogP contribution in [-0.2, 0) is 6.54 Å². The molecule has 0 atom stereocenters. The zero-order valence-corrected chi connectivity index (χ0v) is 8.03. The normalized spacial score (nSPS) is 9.43. The van der Waals surface area contributed by atoms with Crippen LogP contribution in [0.3, 0.4) is 0 Å². The number of anilines is 1. The molecule has 0 radical (unpaired) electrons. The Morgan fingerprint density at radius 3 is 3.07 bits per heavy atom. The highest BCUT2D eigenvalue weighted by Crippen LogP contribution is 1.98. The Balaban J connectivity index is 2.80. The van der Waals surface area contributed by atoms with Gasteiger partial charge in [0.25, 0.3) is 5.56 Å². The van der Waals surface area contributed by atoms with Crippen molar-refractivity contribution in [2.24, 2.45) is 0 Å². The van der Waals surface area contributed by atoms with Crippen molar-refractivity contribution in [1.82, 2.24) is 9.78 Å². The van der Waals surface area contributed by atoms with Crippen LogP contribution in [0.15, 0.2) is 17.1 Å². The second-order valence-electron chi connectivity index (χ2n) is 2.83. The van der Waals surface area contributed by atoms with Crippen LogP contribution in [-0.4, -0.2) is 16.3 Å². The van der Waals surface area contributed by atoms with Crippen molar-refractivity contribution in [2.45, 2.75) is 19.9 Å². The maximum atomic E-state index is 11.3. The van der Waals surface area contributed by atoms with Crippen LogP contribution in [0.1, 0.15) is 13.3 Å². The highest BCUT2D eigenvalue weighted by atomic mass is 16.1. The first-order valence-electron chi connectivity index (χ1n) is 4.46. The lowest BCUT2D eigenvalue weighted by atomic mass is 10.4. The summed E-state index contributed by atoms with van der Waals surface area (Å²) in [7, 11) is 0. The zero-order chi connectivity index (χ0) is 10.4. The van der Waals surface area contributed by atoms with Crippen LogP contribution in [0.5, 0.6) is 0 Å². The molecule has 0 aliphatic heterocycles. The summed E-state index contributed by atoms with van der Waals surface area (Å²) >= 11 is 0. The summed E-state index contributed by atoms with van der Waals surface area (Å²) in [5.74, 6) is 0. The number of aromatic nitrogens is 2. The summed E-state index contributed by atoms with van der Waals surface area (Å²) < 4.78 is 1.12. The molecule has 0 saturated carbocycles. The summed E-state index contributed by atoms with van der Waals surface area (Å²) in [6, 6.07) is 3.31. The Kier molecular flexibility index (Phi) is 3.68. The maximum Gasteiger partial charge on any atom is 0.269 e. The van der Waals surface area contributed by atoms with Gasteiger partial charge >= 0.3 is 0 Å². The average Bonchev–Trinajstić information content (AvgIpc) is 2.19. The molecule has 0 saturated heterocycles. The molecular weight excluding hydrogens is 180 g/mol. The van der Waals surface area contributed by atoms with Gasteiger partial charge in [0.05, 0.1) is 18.0 Å². The van der Waals surface area contributed by atoms with E-state index in [-0.39, 0.29) is 12.1 Å². The van der Waals surface area contributed by atoms with Crippen molar-refractivity contribution < 1.29 is 0 Å². The highest BCUT2D eigenvalue weighted by Gasteiger charge is 1.97. The van der Waals surface area contributed by atoms with E-state index in [1.807, 2.05) is 13.0 Å². The minimum absolute atomic E-state index is 0.00705. The van der Waals surface area contributed by atoms with Crippen LogP contribution < -0.4 is 10.9 Å². The summed E-state index contributed by atoms with van der Waals surface area (Å²) in [6.45, 7) is 2.84. The van der Waals surface area contributed by atoms with E-state index in [4.69, 9.17) is 5.26 Å². The smallest absolute Gasteiger partial charge is 0.269 e. The van der Waals surface area contributed by atoms with E-state index in [2.05, 4.69) is 10.4 Å². The number of rotatable bonds is 4. The van der Waals surface area contributed by atoms with Gasteiger partial charge in [-0.25, -0.2) is 4.68 Å². The standard InChI is InChI=1S/C9H12N4O/c1-2-4-11-8-6-9(14)13(5-3-10)12-7-8/h6-7,11H,2,4-5H2,1H3. The molecule has 14 heavy (non-hydrogen) atoms. The molecule has 5 heteroatoms. The molecule has 0 unspecified atom stereocenters. The van der Waals surface area contributed by atoms with Gasteiger partial charge in [-0.15, -0.1) is 0 Å². The average molecular weight is 192 g/mol. The molecule has 1 aromatic rings. The monoisotopic (exact) mass is 192 g/mol. The third kappa shape index (κ3) is 2.59. The van der Waals surface area contributed by atoms with E-state index in [1.165, 1.54) is 6.07 Å². The SMILES string of the molecule is CCCNc1cnn(CC#N)c(=O)c1. The molecule has 0 aliphatic carbocycles. The van der Waals surface area contributed by atoms with Gasteiger partial charge in [-0.3, -0.25) is 4.79 Å². The molecule has 0 aromatic carbocycles. The Morgan fingerprint density at radius 2 is 2.50 bits per heavy atom. The second kappa shape index (κ2) is 5.02. The number of nitriles is 1. The van der Waals surface area contributed by atoms with Crippen molar-refractivity contribution in [1.29, 1.82) is 5.26 Å². The van der Waals surface area contributed by atoms with Gasteiger partial charge in [0, 0.05) is 12.6 Å². The van der Waals surface area contributed by atoms with Gasteiger partial charge in [0.2, 0.25) is 0 Å². The molecular formula is C9H12N4O. The maximum absolute atomic E-state index is 11.3. The lowest BCUT2D eigenvalue weighted by Crippen LogP contribution is -2.22. The van der Waals surface area contributed by atoms with E-state index in [0.717, 1.165) is 17.6 Å². The number of nitrogens with zero attached hydrogens (tertiary/aromatic N) is 3. The minimum Gasteiger partial charge on any atom is -0.384 e. The van der Waals surface area contributed by atoms with Gasteiger partial charge in [-0.1, -0.05) is 6.92 Å². The Hall–Kier alpha value is -1.83. The number of nitrogens with one attached hydrogen (secondary N) is 1. The summed E-state index contributed by atoms with van der Waals surface area (Å²) in [5, 5.41) is 15.3. The zero-order valence-electron chi connectivity index (χ0n) is 8.03. The van der Waals surface area contributed by atoms with Gasteiger partial charge in [-0.05, 0) is 6.42 Å². The van der Waals surface area contributed by atoms with E-state index in [1.54, 1.807) is 6.20 Å². The molecule has 1 rings (SSSR count). The minimum atomic E-state index is -0.257.